The predicted molar refractivity (Wildman–Crippen MR) is 110 cm³/mol. The molecule has 5 rings (SSSR count). The van der Waals surface area contributed by atoms with Crippen molar-refractivity contribution in [3.8, 4) is 0 Å². The minimum Gasteiger partial charge on any atom is -0.331 e. The van der Waals surface area contributed by atoms with Crippen LogP contribution in [0.15, 0.2) is 55.0 Å². The molecule has 2 aromatic heterocycles. The van der Waals surface area contributed by atoms with E-state index in [1.54, 1.807) is 29.4 Å². The summed E-state index contributed by atoms with van der Waals surface area (Å²) in [6.45, 7) is 0.900. The van der Waals surface area contributed by atoms with Crippen molar-refractivity contribution in [2.24, 2.45) is 0 Å². The van der Waals surface area contributed by atoms with E-state index in [4.69, 9.17) is 0 Å². The Labute approximate surface area is 178 Å². The van der Waals surface area contributed by atoms with Crippen LogP contribution >= 0.6 is 0 Å². The standard InChI is InChI=1S/C22H21FN6O2/c23-17-10-18(29(12-17)21(30)16-5-3-8-24-11-16)13-27-14-19(25-26-27)22(31)28-9-7-15-4-1-2-6-20(15)28/h1-6,8,11,14,17-18H,7,9-10,12-13H2. The molecule has 0 aliphatic carbocycles. The maximum atomic E-state index is 14.2. The smallest absolute Gasteiger partial charge is 0.280 e. The molecule has 0 bridgehead atoms. The topological polar surface area (TPSA) is 84.2 Å². The van der Waals surface area contributed by atoms with Gasteiger partial charge in [-0.05, 0) is 30.2 Å². The highest BCUT2D eigenvalue weighted by molar-refractivity contribution is 6.05. The lowest BCUT2D eigenvalue weighted by atomic mass is 10.2. The molecule has 1 aromatic carbocycles. The summed E-state index contributed by atoms with van der Waals surface area (Å²) in [6, 6.07) is 10.8. The second-order valence-electron chi connectivity index (χ2n) is 7.85. The van der Waals surface area contributed by atoms with E-state index in [1.165, 1.54) is 15.8 Å². The normalized spacial score (nSPS) is 20.2. The molecule has 8 nitrogen and oxygen atoms in total. The summed E-state index contributed by atoms with van der Waals surface area (Å²) in [6.07, 6.45) is 4.56. The molecule has 2 unspecified atom stereocenters. The monoisotopic (exact) mass is 420 g/mol. The Morgan fingerprint density at radius 2 is 2.00 bits per heavy atom. The minimum atomic E-state index is -1.10. The summed E-state index contributed by atoms with van der Waals surface area (Å²) in [4.78, 5) is 32.9. The van der Waals surface area contributed by atoms with Gasteiger partial charge in [-0.15, -0.1) is 5.10 Å². The van der Waals surface area contributed by atoms with Crippen molar-refractivity contribution in [2.45, 2.75) is 31.6 Å². The van der Waals surface area contributed by atoms with Gasteiger partial charge in [0.15, 0.2) is 5.69 Å². The molecular weight excluding hydrogens is 399 g/mol. The molecule has 2 amide bonds. The first-order valence-electron chi connectivity index (χ1n) is 10.2. The SMILES string of the molecule is O=C(c1cn(CC2CC(F)CN2C(=O)c2cccnc2)nn1)N1CCc2ccccc21. The van der Waals surface area contributed by atoms with Crippen molar-refractivity contribution in [3.05, 3.63) is 71.8 Å². The van der Waals surface area contributed by atoms with Crippen molar-refractivity contribution >= 4 is 17.5 Å². The Morgan fingerprint density at radius 1 is 1.13 bits per heavy atom. The van der Waals surface area contributed by atoms with Crippen LogP contribution in [0.3, 0.4) is 0 Å². The number of pyridine rings is 1. The third kappa shape index (κ3) is 3.67. The number of para-hydroxylation sites is 1. The number of hydrogen-bond acceptors (Lipinski definition) is 5. The van der Waals surface area contributed by atoms with Gasteiger partial charge in [0.25, 0.3) is 11.8 Å². The van der Waals surface area contributed by atoms with Gasteiger partial charge < -0.3 is 9.80 Å². The first-order chi connectivity index (χ1) is 15.1. The van der Waals surface area contributed by atoms with Gasteiger partial charge in [-0.3, -0.25) is 14.6 Å². The van der Waals surface area contributed by atoms with E-state index >= 15 is 0 Å². The van der Waals surface area contributed by atoms with E-state index in [0.717, 1.165) is 17.7 Å². The Kier molecular flexibility index (Phi) is 4.93. The molecule has 1 fully saturated rings. The number of carbonyl (C=O) groups is 2. The van der Waals surface area contributed by atoms with Crippen molar-refractivity contribution in [2.75, 3.05) is 18.0 Å². The lowest BCUT2D eigenvalue weighted by Gasteiger charge is -2.24. The van der Waals surface area contributed by atoms with Crippen LogP contribution in [0, 0.1) is 0 Å². The molecule has 0 saturated carbocycles. The summed E-state index contributed by atoms with van der Waals surface area (Å²) in [5, 5.41) is 8.10. The van der Waals surface area contributed by atoms with Crippen molar-refractivity contribution < 1.29 is 14.0 Å². The van der Waals surface area contributed by atoms with Crippen molar-refractivity contribution in [1.29, 1.82) is 0 Å². The second kappa shape index (κ2) is 7.90. The number of amides is 2. The average Bonchev–Trinajstić information content (AvgIpc) is 3.52. The third-order valence-electron chi connectivity index (χ3n) is 5.82. The van der Waals surface area contributed by atoms with E-state index in [-0.39, 0.29) is 43.1 Å². The van der Waals surface area contributed by atoms with Gasteiger partial charge in [0.05, 0.1) is 30.9 Å². The minimum absolute atomic E-state index is 0.0312. The highest BCUT2D eigenvalue weighted by Crippen LogP contribution is 2.29. The molecule has 31 heavy (non-hydrogen) atoms. The zero-order valence-corrected chi connectivity index (χ0v) is 16.8. The van der Waals surface area contributed by atoms with Gasteiger partial charge >= 0.3 is 0 Å². The fraction of sp³-hybridized carbons (Fsp3) is 0.318. The maximum absolute atomic E-state index is 14.2. The number of anilines is 1. The number of hydrogen-bond donors (Lipinski definition) is 0. The zero-order valence-electron chi connectivity index (χ0n) is 16.8. The van der Waals surface area contributed by atoms with Crippen LogP contribution in [-0.4, -0.2) is 62.0 Å². The molecule has 2 atom stereocenters. The van der Waals surface area contributed by atoms with E-state index in [2.05, 4.69) is 15.3 Å². The summed E-state index contributed by atoms with van der Waals surface area (Å²) < 4.78 is 15.7. The Hall–Kier alpha value is -3.62. The summed E-state index contributed by atoms with van der Waals surface area (Å²) in [5.41, 5.74) is 2.68. The molecule has 3 aromatic rings. The number of carbonyl (C=O) groups excluding carboxylic acids is 2. The van der Waals surface area contributed by atoms with E-state index in [9.17, 15) is 14.0 Å². The largest absolute Gasteiger partial charge is 0.331 e. The molecule has 0 spiro atoms. The summed E-state index contributed by atoms with van der Waals surface area (Å²) in [7, 11) is 0. The third-order valence-corrected chi connectivity index (χ3v) is 5.82. The summed E-state index contributed by atoms with van der Waals surface area (Å²) in [5.74, 6) is -0.474. The van der Waals surface area contributed by atoms with Gasteiger partial charge in [0.2, 0.25) is 0 Å². The lowest BCUT2D eigenvalue weighted by molar-refractivity contribution is 0.0714. The molecule has 4 heterocycles. The Balaban J connectivity index is 1.31. The number of aromatic nitrogens is 4. The molecule has 0 radical (unpaired) electrons. The van der Waals surface area contributed by atoms with Crippen LogP contribution in [-0.2, 0) is 13.0 Å². The van der Waals surface area contributed by atoms with E-state index in [1.807, 2.05) is 24.3 Å². The zero-order chi connectivity index (χ0) is 21.4. The molecule has 0 N–H and O–H groups in total. The molecule has 1 saturated heterocycles. The van der Waals surface area contributed by atoms with Crippen LogP contribution in [0.25, 0.3) is 0 Å². The highest BCUT2D eigenvalue weighted by atomic mass is 19.1. The molecule has 158 valence electrons. The van der Waals surface area contributed by atoms with Crippen molar-refractivity contribution in [1.82, 2.24) is 24.9 Å². The molecule has 2 aliphatic heterocycles. The Bertz CT molecular complexity index is 1120. The highest BCUT2D eigenvalue weighted by Gasteiger charge is 2.36. The number of halogens is 1. The first-order valence-corrected chi connectivity index (χ1v) is 10.2. The van der Waals surface area contributed by atoms with Gasteiger partial charge in [0.1, 0.15) is 6.17 Å². The second-order valence-corrected chi connectivity index (χ2v) is 7.85. The first kappa shape index (κ1) is 19.3. The fourth-order valence-electron chi connectivity index (χ4n) is 4.33. The van der Waals surface area contributed by atoms with Crippen LogP contribution < -0.4 is 4.90 Å². The quantitative estimate of drug-likeness (QED) is 0.646. The number of benzene rings is 1. The molecule has 2 aliphatic rings. The van der Waals surface area contributed by atoms with Crippen LogP contribution in [0.5, 0.6) is 0 Å². The number of likely N-dealkylation sites (tertiary alicyclic amines) is 1. The van der Waals surface area contributed by atoms with Crippen molar-refractivity contribution in [3.63, 3.8) is 0 Å². The molecule has 9 heteroatoms. The van der Waals surface area contributed by atoms with Gasteiger partial charge in [-0.25, -0.2) is 9.07 Å². The van der Waals surface area contributed by atoms with E-state index < -0.39 is 6.17 Å². The predicted octanol–water partition coefficient (Wildman–Crippen LogP) is 2.13. The lowest BCUT2D eigenvalue weighted by Crippen LogP contribution is -2.38. The molecular formula is C22H21FN6O2. The average molecular weight is 420 g/mol. The Morgan fingerprint density at radius 3 is 2.84 bits per heavy atom. The number of fused-ring (bicyclic) bond motifs is 1. The maximum Gasteiger partial charge on any atom is 0.280 e. The van der Waals surface area contributed by atoms with Gasteiger partial charge in [0, 0.05) is 31.0 Å². The van der Waals surface area contributed by atoms with Gasteiger partial charge in [-0.2, -0.15) is 0 Å². The van der Waals surface area contributed by atoms with Crippen LogP contribution in [0.4, 0.5) is 10.1 Å². The number of rotatable bonds is 4. The summed E-state index contributed by atoms with van der Waals surface area (Å²) >= 11 is 0. The fourth-order valence-corrected chi connectivity index (χ4v) is 4.33. The number of alkyl halides is 1. The van der Waals surface area contributed by atoms with E-state index in [0.29, 0.717) is 12.1 Å². The number of nitrogens with zero attached hydrogens (tertiary/aromatic N) is 6. The van der Waals surface area contributed by atoms with Crippen LogP contribution in [0.2, 0.25) is 0 Å². The van der Waals surface area contributed by atoms with Crippen LogP contribution in [0.1, 0.15) is 32.8 Å². The van der Waals surface area contributed by atoms with Gasteiger partial charge in [-0.1, -0.05) is 23.4 Å².